The van der Waals surface area contributed by atoms with Gasteiger partial charge >= 0.3 is 5.97 Å². The van der Waals surface area contributed by atoms with Crippen LogP contribution < -0.4 is 9.47 Å². The van der Waals surface area contributed by atoms with E-state index in [1.807, 2.05) is 55.6 Å². The molecule has 0 saturated carbocycles. The second kappa shape index (κ2) is 7.66. The zero-order valence-corrected chi connectivity index (χ0v) is 15.2. The molecule has 4 rings (SSSR count). The molecule has 0 N–H and O–H groups in total. The SMILES string of the molecule is C[C@@H](Cc1ccc2c(c1)OCO2)OC(=O)CCc1cccc2cnccc12. The molecule has 0 unspecified atom stereocenters. The lowest BCUT2D eigenvalue weighted by molar-refractivity contribution is -0.148. The maximum atomic E-state index is 12.3. The van der Waals surface area contributed by atoms with Crippen molar-refractivity contribution in [2.24, 2.45) is 0 Å². The zero-order chi connectivity index (χ0) is 18.6. The van der Waals surface area contributed by atoms with Crippen molar-refractivity contribution in [1.82, 2.24) is 4.98 Å². The van der Waals surface area contributed by atoms with Gasteiger partial charge in [0.05, 0.1) is 0 Å². The highest BCUT2D eigenvalue weighted by Crippen LogP contribution is 2.32. The molecule has 0 bridgehead atoms. The van der Waals surface area contributed by atoms with E-state index in [1.165, 1.54) is 0 Å². The number of esters is 1. The van der Waals surface area contributed by atoms with Gasteiger partial charge in [-0.25, -0.2) is 0 Å². The zero-order valence-electron chi connectivity index (χ0n) is 15.2. The Labute approximate surface area is 157 Å². The second-order valence-electron chi connectivity index (χ2n) is 6.71. The third-order valence-electron chi connectivity index (χ3n) is 4.66. The molecular weight excluding hydrogens is 342 g/mol. The molecule has 1 atom stereocenters. The van der Waals surface area contributed by atoms with Gasteiger partial charge in [-0.3, -0.25) is 9.78 Å². The summed E-state index contributed by atoms with van der Waals surface area (Å²) in [4.78, 5) is 16.4. The molecular formula is C22H21NO4. The predicted octanol–water partition coefficient (Wildman–Crippen LogP) is 4.07. The number of aryl methyl sites for hydroxylation is 1. The van der Waals surface area contributed by atoms with Gasteiger partial charge in [0.2, 0.25) is 6.79 Å². The van der Waals surface area contributed by atoms with Crippen molar-refractivity contribution < 1.29 is 19.0 Å². The lowest BCUT2D eigenvalue weighted by Crippen LogP contribution is -2.17. The van der Waals surface area contributed by atoms with Gasteiger partial charge in [-0.2, -0.15) is 0 Å². The van der Waals surface area contributed by atoms with Gasteiger partial charge in [0.25, 0.3) is 0 Å². The Morgan fingerprint density at radius 2 is 2.07 bits per heavy atom. The summed E-state index contributed by atoms with van der Waals surface area (Å²) in [5.74, 6) is 1.32. The number of carbonyl (C=O) groups is 1. The van der Waals surface area contributed by atoms with E-state index < -0.39 is 0 Å². The molecule has 1 aliphatic heterocycles. The Morgan fingerprint density at radius 3 is 3.00 bits per heavy atom. The minimum absolute atomic E-state index is 0.186. The monoisotopic (exact) mass is 363 g/mol. The number of rotatable bonds is 6. The minimum Gasteiger partial charge on any atom is -0.462 e. The number of pyridine rings is 1. The maximum absolute atomic E-state index is 12.3. The molecule has 1 aromatic heterocycles. The number of nitrogens with zero attached hydrogens (tertiary/aromatic N) is 1. The topological polar surface area (TPSA) is 57.7 Å². The second-order valence-corrected chi connectivity index (χ2v) is 6.71. The van der Waals surface area contributed by atoms with E-state index >= 15 is 0 Å². The van der Waals surface area contributed by atoms with Crippen molar-refractivity contribution in [2.75, 3.05) is 6.79 Å². The summed E-state index contributed by atoms with van der Waals surface area (Å²) < 4.78 is 16.3. The fourth-order valence-electron chi connectivity index (χ4n) is 3.37. The molecule has 2 heterocycles. The summed E-state index contributed by atoms with van der Waals surface area (Å²) in [6.45, 7) is 2.17. The predicted molar refractivity (Wildman–Crippen MR) is 102 cm³/mol. The Kier molecular flexibility index (Phi) is 4.92. The van der Waals surface area contributed by atoms with Gasteiger partial charge in [0.1, 0.15) is 6.10 Å². The van der Waals surface area contributed by atoms with Crippen LogP contribution in [0.3, 0.4) is 0 Å². The van der Waals surface area contributed by atoms with Crippen LogP contribution in [0.25, 0.3) is 10.8 Å². The number of benzene rings is 2. The third kappa shape index (κ3) is 4.03. The lowest BCUT2D eigenvalue weighted by Gasteiger charge is -2.14. The number of carbonyl (C=O) groups excluding carboxylic acids is 1. The number of hydrogen-bond donors (Lipinski definition) is 0. The van der Waals surface area contributed by atoms with Crippen LogP contribution in [0.5, 0.6) is 11.5 Å². The molecule has 0 radical (unpaired) electrons. The van der Waals surface area contributed by atoms with E-state index in [4.69, 9.17) is 14.2 Å². The van der Waals surface area contributed by atoms with Crippen molar-refractivity contribution >= 4 is 16.7 Å². The molecule has 5 heteroatoms. The van der Waals surface area contributed by atoms with Crippen LogP contribution >= 0.6 is 0 Å². The van der Waals surface area contributed by atoms with Crippen LogP contribution in [0.1, 0.15) is 24.5 Å². The Morgan fingerprint density at radius 1 is 1.19 bits per heavy atom. The van der Waals surface area contributed by atoms with Gasteiger partial charge in [0.15, 0.2) is 11.5 Å². The summed E-state index contributed by atoms with van der Waals surface area (Å²) in [5.41, 5.74) is 2.19. The highest BCUT2D eigenvalue weighted by molar-refractivity contribution is 5.85. The highest BCUT2D eigenvalue weighted by Gasteiger charge is 2.16. The van der Waals surface area contributed by atoms with Crippen LogP contribution in [0.2, 0.25) is 0 Å². The molecule has 3 aromatic rings. The van der Waals surface area contributed by atoms with E-state index in [-0.39, 0.29) is 18.9 Å². The van der Waals surface area contributed by atoms with Crippen molar-refractivity contribution in [3.63, 3.8) is 0 Å². The van der Waals surface area contributed by atoms with Crippen molar-refractivity contribution in [2.45, 2.75) is 32.3 Å². The molecule has 27 heavy (non-hydrogen) atoms. The minimum atomic E-state index is -0.199. The van der Waals surface area contributed by atoms with Gasteiger partial charge in [0, 0.05) is 30.6 Å². The summed E-state index contributed by atoms with van der Waals surface area (Å²) in [7, 11) is 0. The summed E-state index contributed by atoms with van der Waals surface area (Å²) in [6.07, 6.45) is 5.06. The van der Waals surface area contributed by atoms with Gasteiger partial charge in [-0.1, -0.05) is 24.3 Å². The number of hydrogen-bond acceptors (Lipinski definition) is 5. The molecule has 0 saturated heterocycles. The highest BCUT2D eigenvalue weighted by atomic mass is 16.7. The fraction of sp³-hybridized carbons (Fsp3) is 0.273. The quantitative estimate of drug-likeness (QED) is 0.618. The van der Waals surface area contributed by atoms with Gasteiger partial charge < -0.3 is 14.2 Å². The van der Waals surface area contributed by atoms with Gasteiger partial charge in [-0.15, -0.1) is 0 Å². The summed E-state index contributed by atoms with van der Waals surface area (Å²) >= 11 is 0. The first kappa shape index (κ1) is 17.3. The van der Waals surface area contributed by atoms with Gasteiger partial charge in [-0.05, 0) is 48.1 Å². The normalized spacial score (nSPS) is 13.5. The van der Waals surface area contributed by atoms with Crippen LogP contribution in [0.4, 0.5) is 0 Å². The van der Waals surface area contributed by atoms with E-state index in [0.717, 1.165) is 33.4 Å². The first-order valence-electron chi connectivity index (χ1n) is 9.08. The van der Waals surface area contributed by atoms with E-state index in [1.54, 1.807) is 6.20 Å². The van der Waals surface area contributed by atoms with E-state index in [9.17, 15) is 4.79 Å². The summed E-state index contributed by atoms with van der Waals surface area (Å²) in [6, 6.07) is 13.9. The number of aromatic nitrogens is 1. The number of ether oxygens (including phenoxy) is 3. The molecule has 0 fully saturated rings. The van der Waals surface area contributed by atoms with Crippen molar-refractivity contribution in [3.8, 4) is 11.5 Å². The molecule has 2 aromatic carbocycles. The van der Waals surface area contributed by atoms with Crippen LogP contribution in [-0.2, 0) is 22.4 Å². The molecule has 138 valence electrons. The maximum Gasteiger partial charge on any atom is 0.306 e. The Balaban J connectivity index is 1.32. The molecule has 0 aliphatic carbocycles. The third-order valence-corrected chi connectivity index (χ3v) is 4.66. The Hall–Kier alpha value is -3.08. The fourth-order valence-corrected chi connectivity index (χ4v) is 3.37. The van der Waals surface area contributed by atoms with E-state index in [2.05, 4.69) is 4.98 Å². The Bertz CT molecular complexity index is 964. The molecule has 0 amide bonds. The average Bonchev–Trinajstić information content (AvgIpc) is 3.14. The standard InChI is InChI=1S/C22H21NO4/c1-15(11-16-5-7-20-21(12-16)26-14-25-20)27-22(24)8-6-17-3-2-4-18-13-23-10-9-19(17)18/h2-5,7,9-10,12-13,15H,6,8,11,14H2,1H3/t15-/m0/s1. The smallest absolute Gasteiger partial charge is 0.306 e. The van der Waals surface area contributed by atoms with Crippen LogP contribution in [0, 0.1) is 0 Å². The molecule has 5 nitrogen and oxygen atoms in total. The van der Waals surface area contributed by atoms with E-state index in [0.29, 0.717) is 19.3 Å². The molecule has 1 aliphatic rings. The summed E-state index contributed by atoms with van der Waals surface area (Å²) in [5, 5.41) is 2.22. The lowest BCUT2D eigenvalue weighted by atomic mass is 10.0. The largest absolute Gasteiger partial charge is 0.462 e. The first-order valence-corrected chi connectivity index (χ1v) is 9.08. The first-order chi connectivity index (χ1) is 13.2. The van der Waals surface area contributed by atoms with Crippen LogP contribution in [0.15, 0.2) is 54.9 Å². The van der Waals surface area contributed by atoms with Crippen molar-refractivity contribution in [3.05, 3.63) is 66.0 Å². The number of fused-ring (bicyclic) bond motifs is 2. The van der Waals surface area contributed by atoms with Crippen molar-refractivity contribution in [1.29, 1.82) is 0 Å². The molecule has 0 spiro atoms. The van der Waals surface area contributed by atoms with Crippen LogP contribution in [-0.4, -0.2) is 23.9 Å². The average molecular weight is 363 g/mol.